The maximum Gasteiger partial charge on any atom is 0.302 e. The highest BCUT2D eigenvalue weighted by Crippen LogP contribution is 2.38. The third kappa shape index (κ3) is 7.30. The second-order valence-corrected chi connectivity index (χ2v) is 7.07. The molecule has 0 amide bonds. The van der Waals surface area contributed by atoms with E-state index in [1.807, 2.05) is 24.3 Å². The van der Waals surface area contributed by atoms with Gasteiger partial charge in [-0.3, -0.25) is 9.59 Å². The average Bonchev–Trinajstić information content (AvgIpc) is 2.83. The summed E-state index contributed by atoms with van der Waals surface area (Å²) >= 11 is 0. The Balaban J connectivity index is 2.61. The van der Waals surface area contributed by atoms with Gasteiger partial charge in [0.2, 0.25) is 0 Å². The summed E-state index contributed by atoms with van der Waals surface area (Å²) in [6.45, 7) is 2.84. The van der Waals surface area contributed by atoms with Crippen LogP contribution in [0, 0.1) is 0 Å². The smallest absolute Gasteiger partial charge is 0.302 e. The number of benzene rings is 2. The van der Waals surface area contributed by atoms with E-state index >= 15 is 0 Å². The molecule has 0 saturated carbocycles. The normalized spacial score (nSPS) is 11.2. The first kappa shape index (κ1) is 26.3. The molecule has 0 aromatic heterocycles. The molecule has 2 aromatic rings. The Kier molecular flexibility index (Phi) is 10.0. The molecule has 2 rings (SSSR count). The predicted molar refractivity (Wildman–Crippen MR) is 129 cm³/mol. The minimum absolute atomic E-state index is 0.00378. The Labute approximate surface area is 199 Å². The molecule has 34 heavy (non-hydrogen) atoms. The van der Waals surface area contributed by atoms with Crippen LogP contribution >= 0.6 is 0 Å². The lowest BCUT2D eigenvalue weighted by molar-refractivity contribution is -0.140. The van der Waals surface area contributed by atoms with E-state index in [1.165, 1.54) is 28.1 Å². The number of carbonyl (C=O) groups is 2. The summed E-state index contributed by atoms with van der Waals surface area (Å²) in [4.78, 5) is 22.6. The highest BCUT2D eigenvalue weighted by atomic mass is 16.5. The van der Waals surface area contributed by atoms with Gasteiger partial charge in [0, 0.05) is 25.0 Å². The zero-order chi connectivity index (χ0) is 25.1. The molecule has 0 aliphatic rings. The van der Waals surface area contributed by atoms with E-state index in [2.05, 4.69) is 0 Å². The van der Waals surface area contributed by atoms with Crippen molar-refractivity contribution in [3.8, 4) is 23.0 Å². The molecular formula is C26H30O8. The van der Waals surface area contributed by atoms with Gasteiger partial charge in [0.25, 0.3) is 0 Å². The SMILES string of the molecule is COc1ccc(/C=C(\COC(C)=O)c2cc(/C=C/COC(C)=O)cc(OC)c2OC)cc1OC. The molecule has 0 saturated heterocycles. The summed E-state index contributed by atoms with van der Waals surface area (Å²) in [5, 5.41) is 0. The first-order valence-corrected chi connectivity index (χ1v) is 10.4. The van der Waals surface area contributed by atoms with Gasteiger partial charge in [-0.15, -0.1) is 0 Å². The molecule has 0 fully saturated rings. The van der Waals surface area contributed by atoms with Crippen molar-refractivity contribution in [1.82, 2.24) is 0 Å². The Morgan fingerprint density at radius 3 is 2.00 bits per heavy atom. The Morgan fingerprint density at radius 2 is 1.41 bits per heavy atom. The van der Waals surface area contributed by atoms with Crippen molar-refractivity contribution in [1.29, 1.82) is 0 Å². The molecule has 0 N–H and O–H groups in total. The minimum Gasteiger partial charge on any atom is -0.493 e. The summed E-state index contributed by atoms with van der Waals surface area (Å²) in [5.41, 5.74) is 2.93. The number of ether oxygens (including phenoxy) is 6. The van der Waals surface area contributed by atoms with Crippen LogP contribution in [0.15, 0.2) is 36.4 Å². The third-order valence-corrected chi connectivity index (χ3v) is 4.72. The lowest BCUT2D eigenvalue weighted by Gasteiger charge is -2.17. The second-order valence-electron chi connectivity index (χ2n) is 7.07. The highest BCUT2D eigenvalue weighted by Gasteiger charge is 2.17. The molecule has 0 spiro atoms. The predicted octanol–water partition coefficient (Wildman–Crippen LogP) is 4.40. The van der Waals surface area contributed by atoms with Gasteiger partial charge in [-0.1, -0.05) is 12.1 Å². The molecule has 8 heteroatoms. The quantitative estimate of drug-likeness (QED) is 0.353. The van der Waals surface area contributed by atoms with Crippen LogP contribution in [0.3, 0.4) is 0 Å². The lowest BCUT2D eigenvalue weighted by Crippen LogP contribution is -2.05. The molecule has 0 bridgehead atoms. The molecule has 0 unspecified atom stereocenters. The first-order chi connectivity index (χ1) is 16.3. The van der Waals surface area contributed by atoms with Crippen LogP contribution < -0.4 is 18.9 Å². The Bertz CT molecular complexity index is 1070. The molecule has 182 valence electrons. The number of methoxy groups -OCH3 is 4. The average molecular weight is 471 g/mol. The van der Waals surface area contributed by atoms with Gasteiger partial charge in [0.05, 0.1) is 28.4 Å². The van der Waals surface area contributed by atoms with E-state index < -0.39 is 5.97 Å². The Morgan fingerprint density at radius 1 is 0.765 bits per heavy atom. The molecule has 0 aliphatic heterocycles. The van der Waals surface area contributed by atoms with Crippen LogP contribution in [0.1, 0.15) is 30.5 Å². The molecule has 0 atom stereocenters. The van der Waals surface area contributed by atoms with Crippen molar-refractivity contribution < 1.29 is 38.0 Å². The van der Waals surface area contributed by atoms with Crippen molar-refractivity contribution in [2.24, 2.45) is 0 Å². The summed E-state index contributed by atoms with van der Waals surface area (Å²) < 4.78 is 32.2. The van der Waals surface area contributed by atoms with Crippen LogP contribution in [0.2, 0.25) is 0 Å². The fraction of sp³-hybridized carbons (Fsp3) is 0.308. The van der Waals surface area contributed by atoms with E-state index in [0.717, 1.165) is 11.1 Å². The maximum absolute atomic E-state index is 11.6. The van der Waals surface area contributed by atoms with E-state index in [1.54, 1.807) is 38.5 Å². The second kappa shape index (κ2) is 12.9. The monoisotopic (exact) mass is 470 g/mol. The van der Waals surface area contributed by atoms with E-state index in [0.29, 0.717) is 34.1 Å². The highest BCUT2D eigenvalue weighted by molar-refractivity contribution is 5.88. The van der Waals surface area contributed by atoms with Crippen molar-refractivity contribution in [3.05, 3.63) is 53.1 Å². The topological polar surface area (TPSA) is 89.5 Å². The fourth-order valence-corrected chi connectivity index (χ4v) is 3.19. The van der Waals surface area contributed by atoms with Gasteiger partial charge >= 0.3 is 11.9 Å². The number of carbonyl (C=O) groups excluding carboxylic acids is 2. The van der Waals surface area contributed by atoms with Crippen LogP contribution in [0.4, 0.5) is 0 Å². The van der Waals surface area contributed by atoms with Gasteiger partial charge in [-0.2, -0.15) is 0 Å². The zero-order valence-corrected chi connectivity index (χ0v) is 20.3. The van der Waals surface area contributed by atoms with Crippen molar-refractivity contribution in [2.45, 2.75) is 13.8 Å². The fourth-order valence-electron chi connectivity index (χ4n) is 3.19. The number of hydrogen-bond donors (Lipinski definition) is 0. The minimum atomic E-state index is -0.415. The summed E-state index contributed by atoms with van der Waals surface area (Å²) in [6.07, 6.45) is 5.39. The van der Waals surface area contributed by atoms with E-state index in [9.17, 15) is 9.59 Å². The van der Waals surface area contributed by atoms with Crippen molar-refractivity contribution in [2.75, 3.05) is 41.7 Å². The molecule has 0 radical (unpaired) electrons. The largest absolute Gasteiger partial charge is 0.493 e. The van der Waals surface area contributed by atoms with Crippen LogP contribution in [-0.4, -0.2) is 53.6 Å². The number of esters is 2. The summed E-state index contributed by atoms with van der Waals surface area (Å²) in [7, 11) is 6.21. The lowest BCUT2D eigenvalue weighted by atomic mass is 9.98. The van der Waals surface area contributed by atoms with Gasteiger partial charge in [0.15, 0.2) is 23.0 Å². The Hall–Kier alpha value is -3.94. The van der Waals surface area contributed by atoms with Gasteiger partial charge < -0.3 is 28.4 Å². The number of hydrogen-bond acceptors (Lipinski definition) is 8. The first-order valence-electron chi connectivity index (χ1n) is 10.4. The molecule has 8 nitrogen and oxygen atoms in total. The molecular weight excluding hydrogens is 440 g/mol. The zero-order valence-electron chi connectivity index (χ0n) is 20.3. The van der Waals surface area contributed by atoms with Gasteiger partial charge in [-0.25, -0.2) is 0 Å². The third-order valence-electron chi connectivity index (χ3n) is 4.72. The van der Waals surface area contributed by atoms with E-state index in [-0.39, 0.29) is 19.2 Å². The van der Waals surface area contributed by atoms with Gasteiger partial charge in [-0.05, 0) is 47.5 Å². The van der Waals surface area contributed by atoms with Crippen LogP contribution in [0.25, 0.3) is 17.7 Å². The van der Waals surface area contributed by atoms with Gasteiger partial charge in [0.1, 0.15) is 13.2 Å². The van der Waals surface area contributed by atoms with Crippen molar-refractivity contribution >= 4 is 29.7 Å². The molecule has 0 heterocycles. The standard InChI is InChI=1S/C26H30O8/c1-17(27)33-11-7-8-19-13-22(26(32-6)25(15-19)31-5)21(16-34-18(2)28)12-20-9-10-23(29-3)24(14-20)30-4/h7-10,12-15H,11,16H2,1-6H3/b8-7+,21-12+. The number of rotatable bonds is 11. The van der Waals surface area contributed by atoms with E-state index in [4.69, 9.17) is 28.4 Å². The molecule has 2 aromatic carbocycles. The van der Waals surface area contributed by atoms with Crippen LogP contribution in [0.5, 0.6) is 23.0 Å². The maximum atomic E-state index is 11.6. The summed E-state index contributed by atoms with van der Waals surface area (Å²) in [5.74, 6) is 1.36. The van der Waals surface area contributed by atoms with Crippen LogP contribution in [-0.2, 0) is 19.1 Å². The van der Waals surface area contributed by atoms with Crippen molar-refractivity contribution in [3.63, 3.8) is 0 Å². The molecule has 0 aliphatic carbocycles. The summed E-state index contributed by atoms with van der Waals surface area (Å²) in [6, 6.07) is 9.15.